The number of aryl methyl sites for hydroxylation is 1. The van der Waals surface area contributed by atoms with Crippen LogP contribution in [0.2, 0.25) is 9.36 Å². The fraction of sp³-hybridized carbons (Fsp3) is 0.0500. The summed E-state index contributed by atoms with van der Waals surface area (Å²) in [5.74, 6) is 0.462. The topological polar surface area (TPSA) is 110 Å². The molecule has 2 aromatic heterocycles. The van der Waals surface area contributed by atoms with E-state index in [2.05, 4.69) is 10.3 Å². The highest BCUT2D eigenvalue weighted by molar-refractivity contribution is 7.92. The molecule has 2 amide bonds. The van der Waals surface area contributed by atoms with Gasteiger partial charge in [0.15, 0.2) is 0 Å². The summed E-state index contributed by atoms with van der Waals surface area (Å²) in [6, 6.07) is 13.0. The summed E-state index contributed by atoms with van der Waals surface area (Å²) in [5, 5.41) is 3.35. The van der Waals surface area contributed by atoms with Crippen LogP contribution < -0.4 is 15.6 Å². The van der Waals surface area contributed by atoms with Crippen molar-refractivity contribution < 1.29 is 13.2 Å². The van der Waals surface area contributed by atoms with E-state index in [0.29, 0.717) is 33.1 Å². The number of sulfonamides is 1. The number of anilines is 1. The second-order valence-electron chi connectivity index (χ2n) is 6.63. The maximum absolute atomic E-state index is 12.9. The molecule has 4 rings (SSSR count). The first-order chi connectivity index (χ1) is 15.1. The molecular formula is C20H14Cl2N4O4S2. The van der Waals surface area contributed by atoms with Crippen LogP contribution in [0, 0.1) is 6.92 Å². The average Bonchev–Trinajstić information content (AvgIpc) is 3.16. The smallest absolute Gasteiger partial charge is 0.307 e. The van der Waals surface area contributed by atoms with Crippen LogP contribution in [0.1, 0.15) is 5.82 Å². The van der Waals surface area contributed by atoms with E-state index >= 15 is 0 Å². The van der Waals surface area contributed by atoms with E-state index in [4.69, 9.17) is 23.2 Å². The van der Waals surface area contributed by atoms with Crippen LogP contribution in [0.3, 0.4) is 0 Å². The first-order valence-corrected chi connectivity index (χ1v) is 12.1. The number of fused-ring (bicyclic) bond motifs is 1. The molecule has 0 aliphatic rings. The van der Waals surface area contributed by atoms with Gasteiger partial charge in [-0.1, -0.05) is 23.2 Å². The maximum atomic E-state index is 12.9. The Morgan fingerprint density at radius 3 is 2.44 bits per heavy atom. The number of halogens is 2. The first-order valence-electron chi connectivity index (χ1n) is 9.02. The van der Waals surface area contributed by atoms with Gasteiger partial charge < -0.3 is 5.32 Å². The quantitative estimate of drug-likeness (QED) is 0.419. The molecule has 0 atom stereocenters. The lowest BCUT2D eigenvalue weighted by molar-refractivity contribution is 0.256. The van der Waals surface area contributed by atoms with Gasteiger partial charge in [-0.15, -0.1) is 11.3 Å². The molecule has 2 N–H and O–H groups in total. The highest BCUT2D eigenvalue weighted by Crippen LogP contribution is 2.25. The van der Waals surface area contributed by atoms with Crippen molar-refractivity contribution in [1.82, 2.24) is 14.3 Å². The van der Waals surface area contributed by atoms with Crippen LogP contribution in [0.4, 0.5) is 10.5 Å². The summed E-state index contributed by atoms with van der Waals surface area (Å²) in [5.41, 5.74) is 1.10. The third-order valence-corrected chi connectivity index (χ3v) is 7.71. The summed E-state index contributed by atoms with van der Waals surface area (Å²) in [4.78, 5) is 29.5. The number of hydrogen-bond donors (Lipinski definition) is 2. The van der Waals surface area contributed by atoms with Crippen molar-refractivity contribution in [2.45, 2.75) is 11.1 Å². The molecule has 0 bridgehead atoms. The Balaban J connectivity index is 1.55. The number of aromatic nitrogens is 2. The zero-order chi connectivity index (χ0) is 23.0. The van der Waals surface area contributed by atoms with Crippen molar-refractivity contribution in [3.05, 3.63) is 80.1 Å². The lowest BCUT2D eigenvalue weighted by atomic mass is 10.2. The van der Waals surface area contributed by atoms with Gasteiger partial charge in [-0.2, -0.15) is 0 Å². The maximum Gasteiger partial charge on any atom is 0.333 e. The van der Waals surface area contributed by atoms with E-state index in [1.54, 1.807) is 49.4 Å². The van der Waals surface area contributed by atoms with Crippen LogP contribution in [0.15, 0.2) is 63.6 Å². The molecule has 32 heavy (non-hydrogen) atoms. The molecule has 0 spiro atoms. The predicted octanol–water partition coefficient (Wildman–Crippen LogP) is 4.57. The fourth-order valence-electron chi connectivity index (χ4n) is 3.04. The third kappa shape index (κ3) is 4.49. The second kappa shape index (κ2) is 8.55. The number of amides is 2. The summed E-state index contributed by atoms with van der Waals surface area (Å²) >= 11 is 12.6. The molecular weight excluding hydrogens is 495 g/mol. The Labute approximate surface area is 196 Å². The molecule has 4 aromatic rings. The molecule has 2 aromatic carbocycles. The number of thiophene rings is 1. The minimum atomic E-state index is -4.04. The number of carbonyl (C=O) groups is 1. The standard InChI is InChI=1S/C20H14Cl2N4O4S2/c1-11-23-16-10-12(21)2-7-15(16)19(27)26(11)14-5-3-13(4-6-14)24-20(28)25-32(29,30)18-9-8-17(22)31-18/h2-10H,1H3,(H2,24,25,28). The number of urea groups is 1. The van der Waals surface area contributed by atoms with E-state index in [9.17, 15) is 18.0 Å². The monoisotopic (exact) mass is 508 g/mol. The largest absolute Gasteiger partial charge is 0.333 e. The highest BCUT2D eigenvalue weighted by atomic mass is 35.5. The molecule has 2 heterocycles. The number of hydrogen-bond acceptors (Lipinski definition) is 6. The Morgan fingerprint density at radius 2 is 1.78 bits per heavy atom. The normalized spacial score (nSPS) is 11.5. The molecule has 12 heteroatoms. The van der Waals surface area contributed by atoms with Crippen molar-refractivity contribution in [1.29, 1.82) is 0 Å². The van der Waals surface area contributed by atoms with Crippen LogP contribution >= 0.6 is 34.5 Å². The molecule has 8 nitrogen and oxygen atoms in total. The average molecular weight is 509 g/mol. The van der Waals surface area contributed by atoms with Crippen molar-refractivity contribution in [2.24, 2.45) is 0 Å². The SMILES string of the molecule is Cc1nc2cc(Cl)ccc2c(=O)n1-c1ccc(NC(=O)NS(=O)(=O)c2ccc(Cl)s2)cc1. The lowest BCUT2D eigenvalue weighted by Crippen LogP contribution is -2.33. The van der Waals surface area contributed by atoms with Crippen molar-refractivity contribution in [2.75, 3.05) is 5.32 Å². The summed E-state index contributed by atoms with van der Waals surface area (Å²) in [6.45, 7) is 1.70. The number of carbonyl (C=O) groups excluding carboxylic acids is 1. The Morgan fingerprint density at radius 1 is 1.06 bits per heavy atom. The van der Waals surface area contributed by atoms with Gasteiger partial charge in [0.25, 0.3) is 15.6 Å². The number of nitrogens with one attached hydrogen (secondary N) is 2. The molecule has 0 fully saturated rings. The molecule has 164 valence electrons. The van der Waals surface area contributed by atoms with Gasteiger partial charge in [0.05, 0.1) is 20.9 Å². The molecule has 0 unspecified atom stereocenters. The van der Waals surface area contributed by atoms with Crippen LogP contribution in [0.25, 0.3) is 16.6 Å². The van der Waals surface area contributed by atoms with Gasteiger partial charge >= 0.3 is 6.03 Å². The summed E-state index contributed by atoms with van der Waals surface area (Å²) in [7, 11) is -4.04. The minimum absolute atomic E-state index is 0.0760. The number of benzene rings is 2. The molecule has 0 saturated carbocycles. The van der Waals surface area contributed by atoms with E-state index in [1.165, 1.54) is 16.7 Å². The molecule has 0 aliphatic carbocycles. The van der Waals surface area contributed by atoms with Crippen LogP contribution in [0.5, 0.6) is 0 Å². The van der Waals surface area contributed by atoms with Gasteiger partial charge in [0, 0.05) is 10.7 Å². The van der Waals surface area contributed by atoms with E-state index in [-0.39, 0.29) is 14.1 Å². The lowest BCUT2D eigenvalue weighted by Gasteiger charge is -2.12. The van der Waals surface area contributed by atoms with Crippen molar-refractivity contribution in [3.63, 3.8) is 0 Å². The van der Waals surface area contributed by atoms with E-state index in [1.807, 2.05) is 4.72 Å². The van der Waals surface area contributed by atoms with Crippen LogP contribution in [-0.4, -0.2) is 24.0 Å². The first kappa shape index (κ1) is 22.3. The van der Waals surface area contributed by atoms with Gasteiger partial charge in [-0.3, -0.25) is 9.36 Å². The number of rotatable bonds is 4. The fourth-order valence-corrected chi connectivity index (χ4v) is 5.60. The van der Waals surface area contributed by atoms with Gasteiger partial charge in [0.1, 0.15) is 10.0 Å². The molecule has 0 aliphatic heterocycles. The molecule has 0 saturated heterocycles. The minimum Gasteiger partial charge on any atom is -0.307 e. The van der Waals surface area contributed by atoms with Gasteiger partial charge in [-0.25, -0.2) is 22.9 Å². The van der Waals surface area contributed by atoms with Crippen LogP contribution in [-0.2, 0) is 10.0 Å². The number of nitrogens with zero attached hydrogens (tertiary/aromatic N) is 2. The summed E-state index contributed by atoms with van der Waals surface area (Å²) in [6.07, 6.45) is 0. The zero-order valence-corrected chi connectivity index (χ0v) is 19.4. The molecule has 0 radical (unpaired) electrons. The third-order valence-electron chi connectivity index (χ3n) is 4.42. The Bertz CT molecular complexity index is 1510. The van der Waals surface area contributed by atoms with Crippen molar-refractivity contribution >= 4 is 67.2 Å². The van der Waals surface area contributed by atoms with Gasteiger partial charge in [0.2, 0.25) is 0 Å². The Kier molecular flexibility index (Phi) is 5.95. The highest BCUT2D eigenvalue weighted by Gasteiger charge is 2.20. The predicted molar refractivity (Wildman–Crippen MR) is 126 cm³/mol. The van der Waals surface area contributed by atoms with Gasteiger partial charge in [-0.05, 0) is 61.5 Å². The summed E-state index contributed by atoms with van der Waals surface area (Å²) < 4.78 is 28.0. The zero-order valence-electron chi connectivity index (χ0n) is 16.3. The van der Waals surface area contributed by atoms with E-state index in [0.717, 1.165) is 11.3 Å². The second-order valence-corrected chi connectivity index (χ2v) is 10.7. The Hall–Kier alpha value is -2.92. The van der Waals surface area contributed by atoms with Crippen molar-refractivity contribution in [3.8, 4) is 5.69 Å². The van der Waals surface area contributed by atoms with E-state index < -0.39 is 16.1 Å².